The summed E-state index contributed by atoms with van der Waals surface area (Å²) in [6.07, 6.45) is 3.69. The number of rotatable bonds is 6. The molecule has 6 nitrogen and oxygen atoms in total. The molecule has 0 atom stereocenters. The van der Waals surface area contributed by atoms with E-state index in [0.29, 0.717) is 19.0 Å². The fourth-order valence-electron chi connectivity index (χ4n) is 2.98. The van der Waals surface area contributed by atoms with Crippen molar-refractivity contribution in [1.29, 1.82) is 0 Å². The number of aliphatic hydroxyl groups excluding tert-OH is 1. The van der Waals surface area contributed by atoms with Gasteiger partial charge in [-0.2, -0.15) is 0 Å². The Morgan fingerprint density at radius 2 is 2.04 bits per heavy atom. The van der Waals surface area contributed by atoms with Crippen LogP contribution in [0.15, 0.2) is 27.7 Å². The summed E-state index contributed by atoms with van der Waals surface area (Å²) in [5, 5.41) is 19.2. The van der Waals surface area contributed by atoms with Crippen molar-refractivity contribution in [3.63, 3.8) is 0 Å². The van der Waals surface area contributed by atoms with Crippen LogP contribution in [0, 0.1) is 6.92 Å². The number of guanidine groups is 1. The monoisotopic (exact) mass is 424 g/mol. The molecule has 26 heavy (non-hydrogen) atoms. The topological polar surface area (TPSA) is 85.8 Å². The number of amides is 1. The van der Waals surface area contributed by atoms with E-state index >= 15 is 0 Å². The molecular weight excluding hydrogens is 396 g/mol. The van der Waals surface area contributed by atoms with Crippen LogP contribution in [0.25, 0.3) is 0 Å². The Bertz CT molecular complexity index is 628. The number of carbonyl (C=O) groups excluding carboxylic acids is 1. The molecule has 0 aromatic heterocycles. The van der Waals surface area contributed by atoms with E-state index in [2.05, 4.69) is 36.9 Å². The van der Waals surface area contributed by atoms with E-state index in [9.17, 15) is 9.90 Å². The molecule has 144 valence electrons. The molecule has 0 bridgehead atoms. The zero-order chi connectivity index (χ0) is 18.9. The van der Waals surface area contributed by atoms with Crippen molar-refractivity contribution >= 4 is 33.5 Å². The van der Waals surface area contributed by atoms with Gasteiger partial charge < -0.3 is 21.1 Å². The van der Waals surface area contributed by atoms with E-state index in [0.717, 1.165) is 53.9 Å². The molecule has 0 heterocycles. The van der Waals surface area contributed by atoms with Crippen LogP contribution in [0.1, 0.15) is 44.6 Å². The van der Waals surface area contributed by atoms with Crippen molar-refractivity contribution in [1.82, 2.24) is 10.6 Å². The fourth-order valence-corrected chi connectivity index (χ4v) is 3.46. The minimum atomic E-state index is -0.168. The van der Waals surface area contributed by atoms with E-state index in [1.165, 1.54) is 0 Å². The number of aryl methyl sites for hydroxylation is 1. The predicted octanol–water partition coefficient (Wildman–Crippen LogP) is 2.94. The highest BCUT2D eigenvalue weighted by atomic mass is 79.9. The molecule has 0 radical (unpaired) electrons. The highest BCUT2D eigenvalue weighted by Crippen LogP contribution is 2.20. The van der Waals surface area contributed by atoms with Gasteiger partial charge in [-0.1, -0.05) is 15.9 Å². The number of benzene rings is 1. The molecular formula is C19H29BrN4O2. The minimum absolute atomic E-state index is 0.0455. The third-order valence-corrected chi connectivity index (χ3v) is 4.95. The zero-order valence-corrected chi connectivity index (χ0v) is 17.1. The average molecular weight is 425 g/mol. The molecule has 1 aromatic carbocycles. The second kappa shape index (κ2) is 10.5. The van der Waals surface area contributed by atoms with Gasteiger partial charge in [-0.15, -0.1) is 0 Å². The molecule has 0 aliphatic heterocycles. The normalized spacial score (nSPS) is 20.5. The van der Waals surface area contributed by atoms with Crippen molar-refractivity contribution in [3.8, 4) is 0 Å². The fraction of sp³-hybridized carbons (Fsp3) is 0.579. The Balaban J connectivity index is 1.81. The summed E-state index contributed by atoms with van der Waals surface area (Å²) < 4.78 is 0.995. The Morgan fingerprint density at radius 3 is 2.69 bits per heavy atom. The molecule has 1 aromatic rings. The van der Waals surface area contributed by atoms with Crippen LogP contribution in [-0.2, 0) is 4.79 Å². The molecule has 1 amide bonds. The number of aliphatic hydroxyl groups is 1. The largest absolute Gasteiger partial charge is 0.393 e. The summed E-state index contributed by atoms with van der Waals surface area (Å²) in [6.45, 7) is 5.18. The lowest BCUT2D eigenvalue weighted by Gasteiger charge is -2.27. The van der Waals surface area contributed by atoms with Crippen LogP contribution in [0.4, 0.5) is 5.69 Å². The lowest BCUT2D eigenvalue weighted by Crippen LogP contribution is -2.45. The van der Waals surface area contributed by atoms with Crippen molar-refractivity contribution in [2.45, 2.75) is 58.1 Å². The van der Waals surface area contributed by atoms with Gasteiger partial charge in [0.2, 0.25) is 5.91 Å². The molecule has 0 spiro atoms. The van der Waals surface area contributed by atoms with Crippen molar-refractivity contribution in [3.05, 3.63) is 28.2 Å². The number of hydrogen-bond acceptors (Lipinski definition) is 3. The van der Waals surface area contributed by atoms with Gasteiger partial charge in [0.25, 0.3) is 0 Å². The second-order valence-electron chi connectivity index (χ2n) is 6.67. The van der Waals surface area contributed by atoms with Gasteiger partial charge in [-0.05, 0) is 63.3 Å². The van der Waals surface area contributed by atoms with Crippen LogP contribution in [-0.4, -0.2) is 42.2 Å². The van der Waals surface area contributed by atoms with Crippen LogP contribution < -0.4 is 16.0 Å². The van der Waals surface area contributed by atoms with Gasteiger partial charge >= 0.3 is 0 Å². The number of nitrogens with one attached hydrogen (secondary N) is 3. The van der Waals surface area contributed by atoms with E-state index in [1.807, 2.05) is 32.0 Å². The van der Waals surface area contributed by atoms with E-state index in [4.69, 9.17) is 0 Å². The maximum atomic E-state index is 12.2. The summed E-state index contributed by atoms with van der Waals surface area (Å²) in [5.41, 5.74) is 1.85. The number of carbonyl (C=O) groups is 1. The highest BCUT2D eigenvalue weighted by Gasteiger charge is 2.19. The Morgan fingerprint density at radius 1 is 1.31 bits per heavy atom. The summed E-state index contributed by atoms with van der Waals surface area (Å²) in [5.74, 6) is 0.692. The Hall–Kier alpha value is -1.60. The smallest absolute Gasteiger partial charge is 0.226 e. The van der Waals surface area contributed by atoms with Gasteiger partial charge in [0.1, 0.15) is 0 Å². The number of halogens is 1. The molecule has 1 aliphatic rings. The van der Waals surface area contributed by atoms with Crippen LogP contribution >= 0.6 is 15.9 Å². The third kappa shape index (κ3) is 6.96. The first-order valence-corrected chi connectivity index (χ1v) is 10.1. The summed E-state index contributed by atoms with van der Waals surface area (Å²) in [7, 11) is 0. The van der Waals surface area contributed by atoms with Crippen LogP contribution in [0.2, 0.25) is 0 Å². The maximum Gasteiger partial charge on any atom is 0.226 e. The first-order valence-electron chi connectivity index (χ1n) is 9.27. The number of aliphatic imine (C=N–C) groups is 1. The Labute approximate surface area is 164 Å². The van der Waals surface area contributed by atoms with Crippen LogP contribution in [0.5, 0.6) is 0 Å². The minimum Gasteiger partial charge on any atom is -0.393 e. The second-order valence-corrected chi connectivity index (χ2v) is 7.58. The zero-order valence-electron chi connectivity index (χ0n) is 15.5. The van der Waals surface area contributed by atoms with E-state index in [-0.39, 0.29) is 12.0 Å². The van der Waals surface area contributed by atoms with Gasteiger partial charge in [-0.3, -0.25) is 9.79 Å². The summed E-state index contributed by atoms with van der Waals surface area (Å²) in [4.78, 5) is 16.7. The van der Waals surface area contributed by atoms with E-state index in [1.54, 1.807) is 0 Å². The first-order chi connectivity index (χ1) is 12.5. The number of nitrogens with zero attached hydrogens (tertiary/aromatic N) is 1. The van der Waals surface area contributed by atoms with Gasteiger partial charge in [0.15, 0.2) is 5.96 Å². The summed E-state index contributed by atoms with van der Waals surface area (Å²) >= 11 is 3.42. The molecule has 1 aliphatic carbocycles. The van der Waals surface area contributed by atoms with Crippen molar-refractivity contribution in [2.75, 3.05) is 18.4 Å². The maximum absolute atomic E-state index is 12.2. The van der Waals surface area contributed by atoms with Gasteiger partial charge in [-0.25, -0.2) is 0 Å². The molecule has 1 fully saturated rings. The number of hydrogen-bond donors (Lipinski definition) is 4. The lowest BCUT2D eigenvalue weighted by atomic mass is 9.93. The SMILES string of the molecule is CCNC(=NCCC(=O)Nc1ccc(Br)cc1C)NC1CCC(O)CC1. The molecule has 1 saturated carbocycles. The van der Waals surface area contributed by atoms with Gasteiger partial charge in [0.05, 0.1) is 12.6 Å². The molecule has 7 heteroatoms. The Kier molecular flexibility index (Phi) is 8.38. The lowest BCUT2D eigenvalue weighted by molar-refractivity contribution is -0.116. The number of anilines is 1. The average Bonchev–Trinajstić information content (AvgIpc) is 2.59. The molecule has 4 N–H and O–H groups in total. The first kappa shape index (κ1) is 20.7. The molecule has 0 saturated heterocycles. The van der Waals surface area contributed by atoms with Crippen molar-refractivity contribution in [2.24, 2.45) is 4.99 Å². The summed E-state index contributed by atoms with van der Waals surface area (Å²) in [6, 6.07) is 6.11. The predicted molar refractivity (Wildman–Crippen MR) is 110 cm³/mol. The molecule has 2 rings (SSSR count). The van der Waals surface area contributed by atoms with Crippen molar-refractivity contribution < 1.29 is 9.90 Å². The van der Waals surface area contributed by atoms with Crippen LogP contribution in [0.3, 0.4) is 0 Å². The third-order valence-electron chi connectivity index (χ3n) is 4.45. The quantitative estimate of drug-likeness (QED) is 0.417. The standard InChI is InChI=1S/C19H29BrN4O2/c1-3-21-19(23-15-5-7-16(25)8-6-15)22-11-10-18(26)24-17-9-4-14(20)12-13(17)2/h4,9,12,15-16,25H,3,5-8,10-11H2,1-2H3,(H,24,26)(H2,21,22,23). The molecule has 0 unspecified atom stereocenters. The van der Waals surface area contributed by atoms with E-state index < -0.39 is 0 Å². The van der Waals surface area contributed by atoms with Gasteiger partial charge in [0, 0.05) is 29.2 Å². The highest BCUT2D eigenvalue weighted by molar-refractivity contribution is 9.10.